The van der Waals surface area contributed by atoms with Gasteiger partial charge in [-0.25, -0.2) is 21.2 Å². The smallest absolute Gasteiger partial charge is 0.243 e. The van der Waals surface area contributed by atoms with Crippen molar-refractivity contribution in [2.24, 2.45) is 0 Å². The standard InChI is InChI=1S/C14H21FN2O4S2/c1-16(2)8-9-17(13-7-10-22(18,19)11-13)23(20,21)14-5-3-12(15)4-6-14/h3-6,13H,7-11H2,1-2H3/t13-/m0/s1. The van der Waals surface area contributed by atoms with Crippen LogP contribution in [0.2, 0.25) is 0 Å². The van der Waals surface area contributed by atoms with Crippen LogP contribution < -0.4 is 0 Å². The molecule has 1 fully saturated rings. The van der Waals surface area contributed by atoms with Crippen LogP contribution in [0.4, 0.5) is 4.39 Å². The quantitative estimate of drug-likeness (QED) is 0.738. The summed E-state index contributed by atoms with van der Waals surface area (Å²) in [5.41, 5.74) is 0. The molecule has 23 heavy (non-hydrogen) atoms. The third-order valence-corrected chi connectivity index (χ3v) is 7.52. The molecule has 0 amide bonds. The molecule has 0 bridgehead atoms. The first-order valence-electron chi connectivity index (χ1n) is 7.24. The fraction of sp³-hybridized carbons (Fsp3) is 0.571. The minimum atomic E-state index is -3.87. The van der Waals surface area contributed by atoms with Crippen molar-refractivity contribution in [2.45, 2.75) is 17.4 Å². The average Bonchev–Trinajstić information content (AvgIpc) is 2.79. The highest BCUT2D eigenvalue weighted by molar-refractivity contribution is 7.92. The van der Waals surface area contributed by atoms with Gasteiger partial charge in [-0.2, -0.15) is 4.31 Å². The van der Waals surface area contributed by atoms with E-state index in [0.29, 0.717) is 6.54 Å². The fourth-order valence-electron chi connectivity index (χ4n) is 2.54. The van der Waals surface area contributed by atoms with Crippen molar-refractivity contribution in [1.82, 2.24) is 9.21 Å². The van der Waals surface area contributed by atoms with Crippen LogP contribution in [0.1, 0.15) is 6.42 Å². The second kappa shape index (κ2) is 6.84. The van der Waals surface area contributed by atoms with Crippen LogP contribution in [0.5, 0.6) is 0 Å². The maximum atomic E-state index is 13.0. The van der Waals surface area contributed by atoms with Crippen molar-refractivity contribution in [2.75, 3.05) is 38.7 Å². The summed E-state index contributed by atoms with van der Waals surface area (Å²) >= 11 is 0. The number of benzene rings is 1. The lowest BCUT2D eigenvalue weighted by Gasteiger charge is -2.28. The molecule has 0 radical (unpaired) electrons. The first-order chi connectivity index (χ1) is 10.6. The molecule has 1 heterocycles. The Morgan fingerprint density at radius 1 is 1.17 bits per heavy atom. The highest BCUT2D eigenvalue weighted by Gasteiger charge is 2.38. The second-order valence-corrected chi connectivity index (χ2v) is 10.0. The van der Waals surface area contributed by atoms with Gasteiger partial charge in [0.1, 0.15) is 5.82 Å². The number of nitrogens with zero attached hydrogens (tertiary/aromatic N) is 2. The molecule has 0 spiro atoms. The van der Waals surface area contributed by atoms with Gasteiger partial charge in [-0.3, -0.25) is 0 Å². The maximum Gasteiger partial charge on any atom is 0.243 e. The Morgan fingerprint density at radius 3 is 2.26 bits per heavy atom. The van der Waals surface area contributed by atoms with Crippen molar-refractivity contribution in [3.05, 3.63) is 30.1 Å². The zero-order valence-corrected chi connectivity index (χ0v) is 14.8. The van der Waals surface area contributed by atoms with E-state index in [-0.39, 0.29) is 29.4 Å². The van der Waals surface area contributed by atoms with E-state index in [1.807, 2.05) is 19.0 Å². The highest BCUT2D eigenvalue weighted by atomic mass is 32.2. The maximum absolute atomic E-state index is 13.0. The molecule has 0 saturated carbocycles. The Bertz CT molecular complexity index is 745. The van der Waals surface area contributed by atoms with Crippen LogP contribution in [0.3, 0.4) is 0 Å². The van der Waals surface area contributed by atoms with Gasteiger partial charge in [0.15, 0.2) is 9.84 Å². The van der Waals surface area contributed by atoms with Gasteiger partial charge in [0, 0.05) is 19.1 Å². The molecule has 130 valence electrons. The summed E-state index contributed by atoms with van der Waals surface area (Å²) in [6.45, 7) is 0.657. The molecule has 1 aromatic rings. The molecular formula is C14H21FN2O4S2. The summed E-state index contributed by atoms with van der Waals surface area (Å²) < 4.78 is 63.4. The second-order valence-electron chi connectivity index (χ2n) is 5.93. The van der Waals surface area contributed by atoms with Gasteiger partial charge in [-0.1, -0.05) is 0 Å². The summed E-state index contributed by atoms with van der Waals surface area (Å²) in [6, 6.07) is 4.01. The number of likely N-dealkylation sites (N-methyl/N-ethyl adjacent to an activating group) is 1. The molecule has 1 aliphatic rings. The van der Waals surface area contributed by atoms with Crippen LogP contribution in [-0.4, -0.2) is 70.8 Å². The van der Waals surface area contributed by atoms with Gasteiger partial charge < -0.3 is 4.90 Å². The summed E-state index contributed by atoms with van der Waals surface area (Å²) in [4.78, 5) is 1.80. The van der Waals surface area contributed by atoms with Crippen LogP contribution in [0.15, 0.2) is 29.2 Å². The molecular weight excluding hydrogens is 343 g/mol. The predicted molar refractivity (Wildman–Crippen MR) is 85.9 cm³/mol. The topological polar surface area (TPSA) is 74.8 Å². The molecule has 9 heteroatoms. The predicted octanol–water partition coefficient (Wildman–Crippen LogP) is 0.565. The van der Waals surface area contributed by atoms with Crippen molar-refractivity contribution < 1.29 is 21.2 Å². The first kappa shape index (κ1) is 18.3. The zero-order valence-electron chi connectivity index (χ0n) is 13.1. The molecule has 0 N–H and O–H groups in total. The number of hydrogen-bond acceptors (Lipinski definition) is 5. The number of halogens is 1. The monoisotopic (exact) mass is 364 g/mol. The Kier molecular flexibility index (Phi) is 5.44. The first-order valence-corrected chi connectivity index (χ1v) is 10.5. The van der Waals surface area contributed by atoms with Crippen LogP contribution in [0.25, 0.3) is 0 Å². The van der Waals surface area contributed by atoms with E-state index >= 15 is 0 Å². The lowest BCUT2D eigenvalue weighted by Crippen LogP contribution is -2.44. The summed E-state index contributed by atoms with van der Waals surface area (Å²) in [5, 5.41) is 0. The van der Waals surface area contributed by atoms with Crippen LogP contribution >= 0.6 is 0 Å². The lowest BCUT2D eigenvalue weighted by molar-refractivity contribution is 0.293. The Morgan fingerprint density at radius 2 is 1.78 bits per heavy atom. The number of sulfonamides is 1. The van der Waals surface area contributed by atoms with Crippen molar-refractivity contribution in [1.29, 1.82) is 0 Å². The molecule has 1 atom stereocenters. The van der Waals surface area contributed by atoms with E-state index in [0.717, 1.165) is 12.1 Å². The van der Waals surface area contributed by atoms with Crippen molar-refractivity contribution in [3.63, 3.8) is 0 Å². The molecule has 0 unspecified atom stereocenters. The largest absolute Gasteiger partial charge is 0.308 e. The Hall–Kier alpha value is -1.03. The van der Waals surface area contributed by atoms with E-state index in [2.05, 4.69) is 0 Å². The van der Waals surface area contributed by atoms with E-state index in [1.165, 1.54) is 16.4 Å². The molecule has 2 rings (SSSR count). The van der Waals surface area contributed by atoms with E-state index in [4.69, 9.17) is 0 Å². The van der Waals surface area contributed by atoms with Crippen molar-refractivity contribution >= 4 is 19.9 Å². The van der Waals surface area contributed by atoms with E-state index < -0.39 is 31.7 Å². The number of sulfone groups is 1. The molecule has 6 nitrogen and oxygen atoms in total. The van der Waals surface area contributed by atoms with Gasteiger partial charge in [0.25, 0.3) is 0 Å². The van der Waals surface area contributed by atoms with E-state index in [1.54, 1.807) is 0 Å². The molecule has 1 aliphatic heterocycles. The van der Waals surface area contributed by atoms with Gasteiger partial charge in [-0.15, -0.1) is 0 Å². The fourth-order valence-corrected chi connectivity index (χ4v) is 6.01. The number of hydrogen-bond donors (Lipinski definition) is 0. The highest BCUT2D eigenvalue weighted by Crippen LogP contribution is 2.25. The minimum absolute atomic E-state index is 0.00489. The van der Waals surface area contributed by atoms with Crippen LogP contribution in [-0.2, 0) is 19.9 Å². The molecule has 1 saturated heterocycles. The minimum Gasteiger partial charge on any atom is -0.308 e. The van der Waals surface area contributed by atoms with Gasteiger partial charge in [0.05, 0.1) is 16.4 Å². The summed E-state index contributed by atoms with van der Waals surface area (Å²) in [6.07, 6.45) is 0.288. The van der Waals surface area contributed by atoms with Gasteiger partial charge >= 0.3 is 0 Å². The van der Waals surface area contributed by atoms with Crippen molar-refractivity contribution in [3.8, 4) is 0 Å². The third-order valence-electron chi connectivity index (χ3n) is 3.80. The average molecular weight is 364 g/mol. The Balaban J connectivity index is 2.33. The molecule has 0 aliphatic carbocycles. The normalized spacial score (nSPS) is 21.2. The van der Waals surface area contributed by atoms with Gasteiger partial charge in [0.2, 0.25) is 10.0 Å². The van der Waals surface area contributed by atoms with E-state index in [9.17, 15) is 21.2 Å². The van der Waals surface area contributed by atoms with Gasteiger partial charge in [-0.05, 0) is 44.8 Å². The molecule has 1 aromatic carbocycles. The third kappa shape index (κ3) is 4.50. The summed E-state index contributed by atoms with van der Waals surface area (Å²) in [7, 11) is -3.45. The zero-order chi connectivity index (χ0) is 17.3. The Labute approximate surface area is 136 Å². The SMILES string of the molecule is CN(C)CCN([C@H]1CCS(=O)(=O)C1)S(=O)(=O)c1ccc(F)cc1. The molecule has 0 aromatic heterocycles. The number of rotatable bonds is 6. The summed E-state index contributed by atoms with van der Waals surface area (Å²) in [5.74, 6) is -0.692. The lowest BCUT2D eigenvalue weighted by atomic mass is 10.2. The van der Waals surface area contributed by atoms with Crippen LogP contribution in [0, 0.1) is 5.82 Å².